The number of anilines is 1. The minimum Gasteiger partial charge on any atom is -0.367 e. The molecule has 0 unspecified atom stereocenters. The van der Waals surface area contributed by atoms with E-state index in [9.17, 15) is 0 Å². The number of hydrogen-bond acceptors (Lipinski definition) is 6. The van der Waals surface area contributed by atoms with Crippen molar-refractivity contribution in [3.8, 4) is 0 Å². The molecule has 0 amide bonds. The van der Waals surface area contributed by atoms with E-state index in [1.807, 2.05) is 0 Å². The minimum atomic E-state index is 0.275. The Bertz CT molecular complexity index is 362. The second-order valence-corrected chi connectivity index (χ2v) is 2.44. The lowest BCUT2D eigenvalue weighted by atomic mass is 10.6. The third-order valence-corrected chi connectivity index (χ3v) is 1.50. The number of tetrazole rings is 1. The summed E-state index contributed by atoms with van der Waals surface area (Å²) < 4.78 is 3.24. The fourth-order valence-corrected chi connectivity index (χ4v) is 0.904. The lowest BCUT2D eigenvalue weighted by Crippen LogP contribution is -2.08. The lowest BCUT2D eigenvalue weighted by Gasteiger charge is -1.97. The molecule has 8 nitrogen and oxygen atoms in total. The van der Waals surface area contributed by atoms with E-state index in [1.165, 1.54) is 0 Å². The molecule has 0 spiro atoms. The third-order valence-electron chi connectivity index (χ3n) is 1.50. The maximum absolute atomic E-state index is 5.34. The van der Waals surface area contributed by atoms with Crippen molar-refractivity contribution in [3.05, 3.63) is 12.7 Å². The summed E-state index contributed by atoms with van der Waals surface area (Å²) in [6.45, 7) is 1.30. The first-order valence-corrected chi connectivity index (χ1v) is 3.70. The minimum absolute atomic E-state index is 0.275. The molecule has 2 N–H and O–H groups in total. The van der Waals surface area contributed by atoms with Crippen LogP contribution >= 0.6 is 0 Å². The van der Waals surface area contributed by atoms with Crippen molar-refractivity contribution in [1.82, 2.24) is 35.0 Å². The average molecular weight is 180 g/mol. The molecule has 2 aromatic rings. The number of rotatable bonds is 3. The van der Waals surface area contributed by atoms with Gasteiger partial charge in [-0.2, -0.15) is 0 Å². The molecule has 2 aromatic heterocycles. The summed E-state index contributed by atoms with van der Waals surface area (Å²) in [4.78, 5) is 3.79. The van der Waals surface area contributed by atoms with Crippen LogP contribution in [0, 0.1) is 0 Å². The second-order valence-electron chi connectivity index (χ2n) is 2.44. The smallest absolute Gasteiger partial charge is 0.239 e. The summed E-state index contributed by atoms with van der Waals surface area (Å²) in [5.74, 6) is 0.275. The van der Waals surface area contributed by atoms with Gasteiger partial charge in [0.2, 0.25) is 5.95 Å². The van der Waals surface area contributed by atoms with E-state index in [2.05, 4.69) is 25.6 Å². The number of aryl methyl sites for hydroxylation is 2. The second kappa shape index (κ2) is 3.17. The molecule has 0 radical (unpaired) electrons. The summed E-state index contributed by atoms with van der Waals surface area (Å²) in [6, 6.07) is 0. The Morgan fingerprint density at radius 1 is 1.23 bits per heavy atom. The molecule has 0 aliphatic rings. The van der Waals surface area contributed by atoms with E-state index in [-0.39, 0.29) is 5.95 Å². The Hall–Kier alpha value is -1.99. The summed E-state index contributed by atoms with van der Waals surface area (Å²) in [6.07, 6.45) is 3.11. The van der Waals surface area contributed by atoms with Crippen LogP contribution in [0.2, 0.25) is 0 Å². The van der Waals surface area contributed by atoms with Gasteiger partial charge in [-0.25, -0.2) is 14.3 Å². The monoisotopic (exact) mass is 180 g/mol. The van der Waals surface area contributed by atoms with E-state index in [1.54, 1.807) is 22.0 Å². The molecule has 0 saturated heterocycles. The number of aromatic nitrogens is 7. The quantitative estimate of drug-likeness (QED) is 0.620. The molecule has 8 heteroatoms. The van der Waals surface area contributed by atoms with E-state index < -0.39 is 0 Å². The van der Waals surface area contributed by atoms with Crippen LogP contribution in [-0.2, 0) is 13.1 Å². The molecule has 0 saturated carbocycles. The number of hydrogen-bond donors (Lipinski definition) is 1. The highest BCUT2D eigenvalue weighted by atomic mass is 15.5. The summed E-state index contributed by atoms with van der Waals surface area (Å²) >= 11 is 0. The Labute approximate surface area is 73.4 Å². The van der Waals surface area contributed by atoms with Crippen LogP contribution in [0.15, 0.2) is 12.7 Å². The van der Waals surface area contributed by atoms with Crippen LogP contribution < -0.4 is 5.73 Å². The molecule has 2 rings (SSSR count). The third kappa shape index (κ3) is 1.78. The predicted octanol–water partition coefficient (Wildman–Crippen LogP) is -1.45. The molecule has 0 atom stereocenters. The molecular formula is C5H8N8. The zero-order valence-electron chi connectivity index (χ0n) is 6.78. The summed E-state index contributed by atoms with van der Waals surface area (Å²) in [7, 11) is 0. The Morgan fingerprint density at radius 3 is 2.69 bits per heavy atom. The number of nitrogens with zero attached hydrogens (tertiary/aromatic N) is 7. The Balaban J connectivity index is 1.93. The molecule has 0 aliphatic carbocycles. The largest absolute Gasteiger partial charge is 0.367 e. The molecule has 68 valence electrons. The predicted molar refractivity (Wildman–Crippen MR) is 42.3 cm³/mol. The molecular weight excluding hydrogens is 172 g/mol. The highest BCUT2D eigenvalue weighted by molar-refractivity contribution is 5.08. The van der Waals surface area contributed by atoms with Crippen molar-refractivity contribution in [1.29, 1.82) is 0 Å². The number of nitrogen functional groups attached to an aromatic ring is 1. The summed E-state index contributed by atoms with van der Waals surface area (Å²) in [5, 5.41) is 14.6. The van der Waals surface area contributed by atoms with Crippen molar-refractivity contribution in [3.63, 3.8) is 0 Å². The molecule has 0 aliphatic heterocycles. The van der Waals surface area contributed by atoms with E-state index in [0.29, 0.717) is 13.1 Å². The van der Waals surface area contributed by atoms with Gasteiger partial charge in [0.25, 0.3) is 0 Å². The first-order chi connectivity index (χ1) is 6.34. The van der Waals surface area contributed by atoms with Gasteiger partial charge in [0.05, 0.1) is 13.1 Å². The van der Waals surface area contributed by atoms with E-state index >= 15 is 0 Å². The van der Waals surface area contributed by atoms with Gasteiger partial charge in [-0.15, -0.1) is 10.2 Å². The highest BCUT2D eigenvalue weighted by Gasteiger charge is 1.96. The zero-order chi connectivity index (χ0) is 9.10. The molecule has 13 heavy (non-hydrogen) atoms. The highest BCUT2D eigenvalue weighted by Crippen LogP contribution is 1.90. The van der Waals surface area contributed by atoms with Crippen molar-refractivity contribution < 1.29 is 0 Å². The summed E-state index contributed by atoms with van der Waals surface area (Å²) in [5.41, 5.74) is 5.34. The molecule has 0 fully saturated rings. The van der Waals surface area contributed by atoms with Gasteiger partial charge in [0.15, 0.2) is 0 Å². The first kappa shape index (κ1) is 7.65. The SMILES string of the molecule is Nc1ncn(CCn2cnnn2)n1. The van der Waals surface area contributed by atoms with Crippen LogP contribution in [-0.4, -0.2) is 35.0 Å². The topological polar surface area (TPSA) is 100 Å². The van der Waals surface area contributed by atoms with Crippen LogP contribution in [0.5, 0.6) is 0 Å². The maximum Gasteiger partial charge on any atom is 0.239 e. The standard InChI is InChI=1S/C5H8N8/c6-5-7-3-12(9-5)1-2-13-4-8-10-11-13/h3-4H,1-2H2,(H2,6,9). The Kier molecular flexibility index (Phi) is 1.87. The molecule has 0 bridgehead atoms. The van der Waals surface area contributed by atoms with E-state index in [0.717, 1.165) is 0 Å². The van der Waals surface area contributed by atoms with Gasteiger partial charge < -0.3 is 5.73 Å². The maximum atomic E-state index is 5.34. The van der Waals surface area contributed by atoms with Gasteiger partial charge >= 0.3 is 0 Å². The van der Waals surface area contributed by atoms with Crippen LogP contribution in [0.25, 0.3) is 0 Å². The van der Waals surface area contributed by atoms with E-state index in [4.69, 9.17) is 5.73 Å². The van der Waals surface area contributed by atoms with Gasteiger partial charge in [-0.05, 0) is 10.4 Å². The fraction of sp³-hybridized carbons (Fsp3) is 0.400. The van der Waals surface area contributed by atoms with Gasteiger partial charge in [0, 0.05) is 0 Å². The zero-order valence-corrected chi connectivity index (χ0v) is 6.78. The average Bonchev–Trinajstić information content (AvgIpc) is 2.71. The lowest BCUT2D eigenvalue weighted by molar-refractivity contribution is 0.489. The van der Waals surface area contributed by atoms with Crippen LogP contribution in [0.1, 0.15) is 0 Å². The fourth-order valence-electron chi connectivity index (χ4n) is 0.904. The van der Waals surface area contributed by atoms with Crippen LogP contribution in [0.4, 0.5) is 5.95 Å². The van der Waals surface area contributed by atoms with Crippen molar-refractivity contribution in [2.45, 2.75) is 13.1 Å². The first-order valence-electron chi connectivity index (χ1n) is 3.70. The number of nitrogens with two attached hydrogens (primary N) is 1. The normalized spacial score (nSPS) is 10.5. The van der Waals surface area contributed by atoms with Crippen molar-refractivity contribution in [2.24, 2.45) is 0 Å². The molecule has 2 heterocycles. The van der Waals surface area contributed by atoms with Gasteiger partial charge in [0.1, 0.15) is 12.7 Å². The molecule has 0 aromatic carbocycles. The van der Waals surface area contributed by atoms with Gasteiger partial charge in [-0.3, -0.25) is 0 Å². The van der Waals surface area contributed by atoms with Crippen molar-refractivity contribution in [2.75, 3.05) is 5.73 Å². The van der Waals surface area contributed by atoms with Crippen molar-refractivity contribution >= 4 is 5.95 Å². The Morgan fingerprint density at radius 2 is 2.08 bits per heavy atom. The van der Waals surface area contributed by atoms with Crippen LogP contribution in [0.3, 0.4) is 0 Å². The van der Waals surface area contributed by atoms with Gasteiger partial charge in [-0.1, -0.05) is 0 Å².